The van der Waals surface area contributed by atoms with Crippen molar-refractivity contribution >= 4 is 11.0 Å². The Morgan fingerprint density at radius 1 is 1.53 bits per heavy atom. The van der Waals surface area contributed by atoms with E-state index >= 15 is 0 Å². The smallest absolute Gasteiger partial charge is 0.0955 e. The molecule has 0 aliphatic carbocycles. The van der Waals surface area contributed by atoms with Crippen molar-refractivity contribution in [3.05, 3.63) is 30.1 Å². The molecule has 4 heteroatoms. The van der Waals surface area contributed by atoms with Gasteiger partial charge in [-0.1, -0.05) is 6.07 Å². The lowest BCUT2D eigenvalue weighted by Crippen LogP contribution is -2.16. The van der Waals surface area contributed by atoms with Crippen LogP contribution in [-0.2, 0) is 7.05 Å². The monoisotopic (exact) mass is 228 g/mol. The molecular formula is C13H16N4. The first-order chi connectivity index (χ1) is 8.26. The minimum Gasteiger partial charge on any atom is -0.334 e. The van der Waals surface area contributed by atoms with Crippen LogP contribution in [0.3, 0.4) is 0 Å². The second-order valence-corrected chi connectivity index (χ2v) is 4.14. The van der Waals surface area contributed by atoms with Crippen LogP contribution in [0.4, 0.5) is 0 Å². The number of nitriles is 1. The van der Waals surface area contributed by atoms with Crippen molar-refractivity contribution in [2.24, 2.45) is 7.05 Å². The van der Waals surface area contributed by atoms with Crippen LogP contribution in [0.1, 0.15) is 24.4 Å². The molecule has 1 aromatic carbocycles. The number of aryl methyl sites for hydroxylation is 1. The first kappa shape index (κ1) is 11.6. The van der Waals surface area contributed by atoms with Gasteiger partial charge in [0, 0.05) is 19.5 Å². The quantitative estimate of drug-likeness (QED) is 0.872. The molecule has 0 amide bonds. The lowest BCUT2D eigenvalue weighted by Gasteiger charge is -2.14. The molecule has 0 radical (unpaired) electrons. The van der Waals surface area contributed by atoms with Crippen LogP contribution in [0.5, 0.6) is 0 Å². The maximum atomic E-state index is 8.64. The van der Waals surface area contributed by atoms with Gasteiger partial charge >= 0.3 is 0 Å². The van der Waals surface area contributed by atoms with Crippen LogP contribution in [0, 0.1) is 11.3 Å². The highest BCUT2D eigenvalue weighted by molar-refractivity contribution is 5.76. The fourth-order valence-corrected chi connectivity index (χ4v) is 2.06. The first-order valence-electron chi connectivity index (χ1n) is 5.71. The van der Waals surface area contributed by atoms with E-state index in [9.17, 15) is 0 Å². The predicted octanol–water partition coefficient (Wildman–Crippen LogP) is 2.14. The average molecular weight is 228 g/mol. The molecule has 0 aliphatic heterocycles. The fraction of sp³-hybridized carbons (Fsp3) is 0.385. The van der Waals surface area contributed by atoms with Gasteiger partial charge in [-0.05, 0) is 31.2 Å². The third-order valence-corrected chi connectivity index (χ3v) is 3.05. The number of hydrogen-bond donors (Lipinski definition) is 1. The van der Waals surface area contributed by atoms with E-state index in [1.165, 1.54) is 5.56 Å². The maximum absolute atomic E-state index is 8.64. The Hall–Kier alpha value is -1.86. The van der Waals surface area contributed by atoms with Gasteiger partial charge < -0.3 is 9.88 Å². The zero-order chi connectivity index (χ0) is 12.3. The van der Waals surface area contributed by atoms with Crippen molar-refractivity contribution < 1.29 is 0 Å². The molecule has 2 aromatic rings. The molecule has 17 heavy (non-hydrogen) atoms. The van der Waals surface area contributed by atoms with Crippen LogP contribution in [0.15, 0.2) is 24.5 Å². The molecule has 1 N–H and O–H groups in total. The van der Waals surface area contributed by atoms with E-state index in [-0.39, 0.29) is 6.04 Å². The van der Waals surface area contributed by atoms with Gasteiger partial charge in [0.2, 0.25) is 0 Å². The molecule has 4 nitrogen and oxygen atoms in total. The van der Waals surface area contributed by atoms with Crippen LogP contribution in [-0.4, -0.2) is 16.6 Å². The van der Waals surface area contributed by atoms with Crippen LogP contribution in [0.25, 0.3) is 11.0 Å². The molecule has 0 bridgehead atoms. The second kappa shape index (κ2) is 4.98. The van der Waals surface area contributed by atoms with Gasteiger partial charge in [0.25, 0.3) is 0 Å². The summed E-state index contributed by atoms with van der Waals surface area (Å²) >= 11 is 0. The normalized spacial score (nSPS) is 12.5. The zero-order valence-electron chi connectivity index (χ0n) is 10.1. The number of nitrogens with zero attached hydrogens (tertiary/aromatic N) is 3. The molecule has 2 rings (SSSR count). The van der Waals surface area contributed by atoms with Gasteiger partial charge in [-0.2, -0.15) is 5.26 Å². The average Bonchev–Trinajstić information content (AvgIpc) is 2.72. The highest BCUT2D eigenvalue weighted by Crippen LogP contribution is 2.22. The van der Waals surface area contributed by atoms with E-state index in [1.54, 1.807) is 0 Å². The molecular weight excluding hydrogens is 212 g/mol. The summed E-state index contributed by atoms with van der Waals surface area (Å²) in [4.78, 5) is 4.35. The summed E-state index contributed by atoms with van der Waals surface area (Å²) in [6.45, 7) is 0. The first-order valence-corrected chi connectivity index (χ1v) is 5.71. The van der Waals surface area contributed by atoms with Crippen LogP contribution in [0.2, 0.25) is 0 Å². The molecule has 1 atom stereocenters. The van der Waals surface area contributed by atoms with Crippen molar-refractivity contribution in [3.63, 3.8) is 0 Å². The Balaban J connectivity index is 2.31. The summed E-state index contributed by atoms with van der Waals surface area (Å²) in [5.41, 5.74) is 3.32. The van der Waals surface area contributed by atoms with Crippen molar-refractivity contribution in [2.75, 3.05) is 7.05 Å². The summed E-state index contributed by atoms with van der Waals surface area (Å²) in [5, 5.41) is 11.9. The summed E-state index contributed by atoms with van der Waals surface area (Å²) < 4.78 is 2.00. The molecule has 0 saturated heterocycles. The largest absolute Gasteiger partial charge is 0.334 e. The molecule has 0 saturated carbocycles. The predicted molar refractivity (Wildman–Crippen MR) is 67.4 cm³/mol. The number of nitrogens with one attached hydrogen (secondary N) is 1. The van der Waals surface area contributed by atoms with Gasteiger partial charge in [-0.25, -0.2) is 4.98 Å². The van der Waals surface area contributed by atoms with Crippen molar-refractivity contribution in [3.8, 4) is 6.07 Å². The van der Waals surface area contributed by atoms with E-state index in [2.05, 4.69) is 34.6 Å². The Morgan fingerprint density at radius 3 is 3.06 bits per heavy atom. The molecule has 1 heterocycles. The Morgan fingerprint density at radius 2 is 2.35 bits per heavy atom. The van der Waals surface area contributed by atoms with Crippen molar-refractivity contribution in [2.45, 2.75) is 18.9 Å². The van der Waals surface area contributed by atoms with E-state index in [1.807, 2.05) is 25.0 Å². The summed E-state index contributed by atoms with van der Waals surface area (Å²) in [6, 6.07) is 8.68. The van der Waals surface area contributed by atoms with E-state index in [4.69, 9.17) is 5.26 Å². The third-order valence-electron chi connectivity index (χ3n) is 3.05. The van der Waals surface area contributed by atoms with Crippen LogP contribution < -0.4 is 5.32 Å². The standard InChI is InChI=1S/C13H16N4/c1-15-11(4-3-7-14)10-5-6-13-12(8-10)16-9-17(13)2/h5-6,8-9,11,15H,3-4H2,1-2H3. The lowest BCUT2D eigenvalue weighted by atomic mass is 10.0. The maximum Gasteiger partial charge on any atom is 0.0955 e. The van der Waals surface area contributed by atoms with Gasteiger partial charge in [0.15, 0.2) is 0 Å². The Labute approximate surface area is 101 Å². The highest BCUT2D eigenvalue weighted by atomic mass is 15.0. The topological polar surface area (TPSA) is 53.6 Å². The van der Waals surface area contributed by atoms with Gasteiger partial charge in [0.1, 0.15) is 0 Å². The molecule has 1 unspecified atom stereocenters. The van der Waals surface area contributed by atoms with Gasteiger partial charge in [-0.15, -0.1) is 0 Å². The van der Waals surface area contributed by atoms with Crippen LogP contribution >= 0.6 is 0 Å². The molecule has 0 aliphatic rings. The van der Waals surface area contributed by atoms with E-state index in [0.717, 1.165) is 17.5 Å². The minimum atomic E-state index is 0.223. The molecule has 88 valence electrons. The summed E-state index contributed by atoms with van der Waals surface area (Å²) in [7, 11) is 3.91. The zero-order valence-corrected chi connectivity index (χ0v) is 10.1. The summed E-state index contributed by atoms with van der Waals surface area (Å²) in [5.74, 6) is 0. The molecule has 1 aromatic heterocycles. The van der Waals surface area contributed by atoms with E-state index < -0.39 is 0 Å². The fourth-order valence-electron chi connectivity index (χ4n) is 2.06. The Bertz CT molecular complexity index is 550. The molecule has 0 fully saturated rings. The lowest BCUT2D eigenvalue weighted by molar-refractivity contribution is 0.557. The second-order valence-electron chi connectivity index (χ2n) is 4.14. The van der Waals surface area contributed by atoms with Gasteiger partial charge in [-0.3, -0.25) is 0 Å². The number of rotatable bonds is 4. The Kier molecular flexibility index (Phi) is 3.40. The van der Waals surface area contributed by atoms with E-state index in [0.29, 0.717) is 6.42 Å². The molecule has 0 spiro atoms. The van der Waals surface area contributed by atoms with Crippen molar-refractivity contribution in [1.82, 2.24) is 14.9 Å². The number of aromatic nitrogens is 2. The SMILES string of the molecule is CNC(CCC#N)c1ccc2c(c1)ncn2C. The number of hydrogen-bond acceptors (Lipinski definition) is 3. The third kappa shape index (κ3) is 2.29. The van der Waals surface area contributed by atoms with Crippen molar-refractivity contribution in [1.29, 1.82) is 5.26 Å². The highest BCUT2D eigenvalue weighted by Gasteiger charge is 2.10. The van der Waals surface area contributed by atoms with Gasteiger partial charge in [0.05, 0.1) is 23.4 Å². The minimum absolute atomic E-state index is 0.223. The number of imidazole rings is 1. The number of fused-ring (bicyclic) bond motifs is 1. The number of benzene rings is 1. The summed E-state index contributed by atoms with van der Waals surface area (Å²) in [6.07, 6.45) is 3.20.